The molecule has 2 aromatic carbocycles. The van der Waals surface area contributed by atoms with E-state index in [1.165, 1.54) is 29.2 Å². The molecule has 0 aromatic heterocycles. The number of carbonyl (C=O) groups is 2. The monoisotopic (exact) mass is 271 g/mol. The van der Waals surface area contributed by atoms with E-state index in [4.69, 9.17) is 10.8 Å². The second-order valence-corrected chi connectivity index (χ2v) is 4.93. The van der Waals surface area contributed by atoms with Crippen molar-refractivity contribution in [3.8, 4) is 0 Å². The number of Topliss-reactive ketones (excluding diaryl/α,β-unsaturated/α-hetero) is 1. The lowest BCUT2D eigenvalue weighted by Gasteiger charge is -2.07. The van der Waals surface area contributed by atoms with Gasteiger partial charge in [-0.25, -0.2) is 4.79 Å². The Labute approximate surface area is 117 Å². The molecule has 0 atom stereocenters. The molecule has 1 saturated carbocycles. The van der Waals surface area contributed by atoms with Gasteiger partial charge in [-0.1, -0.05) is 30.3 Å². The molecule has 3 rings (SSSR count). The lowest BCUT2D eigenvalue weighted by molar-refractivity contribution is -0.148. The maximum Gasteiger partial charge on any atom is 0.371 e. The predicted octanol–water partition coefficient (Wildman–Crippen LogP) is 2.96. The van der Waals surface area contributed by atoms with E-state index in [0.717, 1.165) is 18.5 Å². The Morgan fingerprint density at radius 3 is 2.15 bits per heavy atom. The first-order chi connectivity index (χ1) is 9.50. The van der Waals surface area contributed by atoms with Gasteiger partial charge in [0, 0.05) is 18.0 Å². The van der Waals surface area contributed by atoms with Crippen molar-refractivity contribution in [3.05, 3.63) is 42.0 Å². The minimum atomic E-state index is -1.38. The lowest BCUT2D eigenvalue weighted by Crippen LogP contribution is -2.05. The van der Waals surface area contributed by atoms with Gasteiger partial charge in [-0.15, -0.1) is 0 Å². The Kier molecular flexibility index (Phi) is 4.03. The number of nitrogen functional groups attached to an aromatic ring is 1. The van der Waals surface area contributed by atoms with Crippen LogP contribution in [0.4, 0.5) is 5.69 Å². The highest BCUT2D eigenvalue weighted by atomic mass is 16.4. The number of fused-ring (bicyclic) bond motifs is 1. The van der Waals surface area contributed by atoms with Crippen LogP contribution in [0.1, 0.15) is 31.2 Å². The Hall–Kier alpha value is -2.36. The highest BCUT2D eigenvalue weighted by Gasteiger charge is 2.25. The van der Waals surface area contributed by atoms with Crippen molar-refractivity contribution < 1.29 is 14.7 Å². The van der Waals surface area contributed by atoms with Gasteiger partial charge in [-0.05, 0) is 35.8 Å². The second-order valence-electron chi connectivity index (χ2n) is 4.93. The van der Waals surface area contributed by atoms with Crippen LogP contribution in [0.25, 0.3) is 10.8 Å². The van der Waals surface area contributed by atoms with Gasteiger partial charge >= 0.3 is 5.97 Å². The standard InChI is InChI=1S/C13H13N.C3H4O3/c14-13-8-7-10(9-5-6-9)11-3-1-2-4-12(11)13;1-2(4)3(5)6/h1-4,7-9H,5-6,14H2;1H3,(H,5,6). The van der Waals surface area contributed by atoms with E-state index in [2.05, 4.69) is 30.3 Å². The van der Waals surface area contributed by atoms with Crippen LogP contribution in [-0.2, 0) is 9.59 Å². The van der Waals surface area contributed by atoms with Crippen molar-refractivity contribution >= 4 is 28.2 Å². The first-order valence-corrected chi connectivity index (χ1v) is 6.51. The second kappa shape index (κ2) is 5.74. The number of carboxylic acids is 1. The number of nitrogens with two attached hydrogens (primary N) is 1. The van der Waals surface area contributed by atoms with E-state index in [1.807, 2.05) is 6.07 Å². The Balaban J connectivity index is 0.000000212. The molecule has 3 N–H and O–H groups in total. The third-order valence-corrected chi connectivity index (χ3v) is 3.31. The molecule has 0 unspecified atom stereocenters. The maximum absolute atomic E-state index is 9.54. The molecule has 0 spiro atoms. The summed E-state index contributed by atoms with van der Waals surface area (Å²) >= 11 is 0. The molecule has 0 amide bonds. The van der Waals surface area contributed by atoms with Gasteiger partial charge in [-0.2, -0.15) is 0 Å². The van der Waals surface area contributed by atoms with Gasteiger partial charge in [-0.3, -0.25) is 4.79 Å². The molecule has 20 heavy (non-hydrogen) atoms. The number of anilines is 1. The molecule has 104 valence electrons. The van der Waals surface area contributed by atoms with Crippen LogP contribution in [0.3, 0.4) is 0 Å². The van der Waals surface area contributed by atoms with Crippen LogP contribution in [0.15, 0.2) is 36.4 Å². The number of rotatable bonds is 2. The highest BCUT2D eigenvalue weighted by Crippen LogP contribution is 2.43. The number of hydrogen-bond donors (Lipinski definition) is 2. The van der Waals surface area contributed by atoms with Gasteiger partial charge in [0.05, 0.1) is 0 Å². The smallest absolute Gasteiger partial charge is 0.371 e. The van der Waals surface area contributed by atoms with Crippen molar-refractivity contribution in [2.75, 3.05) is 5.73 Å². The van der Waals surface area contributed by atoms with Crippen LogP contribution in [0.2, 0.25) is 0 Å². The van der Waals surface area contributed by atoms with Gasteiger partial charge in [0.15, 0.2) is 0 Å². The molecule has 1 aliphatic carbocycles. The van der Waals surface area contributed by atoms with Crippen LogP contribution in [0.5, 0.6) is 0 Å². The van der Waals surface area contributed by atoms with Crippen LogP contribution < -0.4 is 5.73 Å². The average Bonchev–Trinajstić information content (AvgIpc) is 3.24. The predicted molar refractivity (Wildman–Crippen MR) is 78.7 cm³/mol. The molecule has 4 nitrogen and oxygen atoms in total. The van der Waals surface area contributed by atoms with Crippen molar-refractivity contribution in [3.63, 3.8) is 0 Å². The van der Waals surface area contributed by atoms with E-state index >= 15 is 0 Å². The molecule has 0 radical (unpaired) electrons. The Morgan fingerprint density at radius 1 is 1.10 bits per heavy atom. The van der Waals surface area contributed by atoms with Crippen LogP contribution in [-0.4, -0.2) is 16.9 Å². The molecule has 0 heterocycles. The van der Waals surface area contributed by atoms with Crippen LogP contribution in [0, 0.1) is 0 Å². The topological polar surface area (TPSA) is 80.4 Å². The third kappa shape index (κ3) is 3.15. The number of benzene rings is 2. The largest absolute Gasteiger partial charge is 0.476 e. The van der Waals surface area contributed by atoms with Crippen LogP contribution >= 0.6 is 0 Å². The fraction of sp³-hybridized carbons (Fsp3) is 0.250. The van der Waals surface area contributed by atoms with Crippen molar-refractivity contribution in [1.82, 2.24) is 0 Å². The molecular formula is C16H17NO3. The molecule has 1 fully saturated rings. The number of ketones is 1. The maximum atomic E-state index is 9.54. The van der Waals surface area contributed by atoms with E-state index in [0.29, 0.717) is 0 Å². The minimum Gasteiger partial charge on any atom is -0.476 e. The van der Waals surface area contributed by atoms with E-state index in [1.54, 1.807) is 0 Å². The highest BCUT2D eigenvalue weighted by molar-refractivity contribution is 6.31. The zero-order valence-corrected chi connectivity index (χ0v) is 11.3. The van der Waals surface area contributed by atoms with E-state index < -0.39 is 11.8 Å². The van der Waals surface area contributed by atoms with E-state index in [-0.39, 0.29) is 0 Å². The molecule has 2 aromatic rings. The zero-order chi connectivity index (χ0) is 14.7. The number of carbonyl (C=O) groups excluding carboxylic acids is 1. The molecular weight excluding hydrogens is 254 g/mol. The summed E-state index contributed by atoms with van der Waals surface area (Å²) in [7, 11) is 0. The summed E-state index contributed by atoms with van der Waals surface area (Å²) in [5.41, 5.74) is 8.32. The molecule has 1 aliphatic rings. The molecule has 4 heteroatoms. The number of carboxylic acid groups (broad SMARTS) is 1. The summed E-state index contributed by atoms with van der Waals surface area (Å²) < 4.78 is 0. The molecule has 0 saturated heterocycles. The summed E-state index contributed by atoms with van der Waals surface area (Å²) in [5, 5.41) is 10.2. The first kappa shape index (κ1) is 14.1. The summed E-state index contributed by atoms with van der Waals surface area (Å²) in [6, 6.07) is 12.7. The van der Waals surface area contributed by atoms with Gasteiger partial charge < -0.3 is 10.8 Å². The Bertz CT molecular complexity index is 648. The summed E-state index contributed by atoms with van der Waals surface area (Å²) in [5.74, 6) is -1.41. The molecule has 0 aliphatic heterocycles. The third-order valence-electron chi connectivity index (χ3n) is 3.31. The first-order valence-electron chi connectivity index (χ1n) is 6.51. The quantitative estimate of drug-likeness (QED) is 0.650. The lowest BCUT2D eigenvalue weighted by atomic mass is 10.00. The van der Waals surface area contributed by atoms with Gasteiger partial charge in [0.25, 0.3) is 0 Å². The number of hydrogen-bond acceptors (Lipinski definition) is 3. The summed E-state index contributed by atoms with van der Waals surface area (Å²) in [4.78, 5) is 18.9. The normalized spacial score (nSPS) is 13.4. The van der Waals surface area contributed by atoms with Gasteiger partial charge in [0.1, 0.15) is 0 Å². The average molecular weight is 271 g/mol. The zero-order valence-electron chi connectivity index (χ0n) is 11.3. The summed E-state index contributed by atoms with van der Waals surface area (Å²) in [6.45, 7) is 1.00. The molecule has 0 bridgehead atoms. The van der Waals surface area contributed by atoms with Crippen molar-refractivity contribution in [1.29, 1.82) is 0 Å². The van der Waals surface area contributed by atoms with Crippen molar-refractivity contribution in [2.45, 2.75) is 25.7 Å². The van der Waals surface area contributed by atoms with Gasteiger partial charge in [0.2, 0.25) is 5.78 Å². The fourth-order valence-electron chi connectivity index (χ4n) is 2.10. The van der Waals surface area contributed by atoms with E-state index in [9.17, 15) is 9.59 Å². The summed E-state index contributed by atoms with van der Waals surface area (Å²) in [6.07, 6.45) is 2.68. The SMILES string of the molecule is CC(=O)C(=O)O.Nc1ccc(C2CC2)c2ccccc12. The van der Waals surface area contributed by atoms with Crippen molar-refractivity contribution in [2.24, 2.45) is 0 Å². The fourth-order valence-corrected chi connectivity index (χ4v) is 2.10. The number of aliphatic carboxylic acids is 1. The minimum absolute atomic E-state index is 0.792. The Morgan fingerprint density at radius 2 is 1.65 bits per heavy atom.